The summed E-state index contributed by atoms with van der Waals surface area (Å²) in [4.78, 5) is 42.9. The number of nitrogens with zero attached hydrogens (tertiary/aromatic N) is 1. The first kappa shape index (κ1) is 31.8. The number of alkyl carbamates (subject to hydrolysis) is 1. The van der Waals surface area contributed by atoms with Crippen molar-refractivity contribution in [2.45, 2.75) is 109 Å². The molecular weight excluding hydrogens is 522 g/mol. The SMILES string of the molecule is CCC(C)N(C(=O)C(Cc1ccc(O)cc1)NC(=O)OC(C)(C)C)C(C(=O)NC1CCCCC1)c1ccccc1O. The Morgan fingerprint density at radius 2 is 1.63 bits per heavy atom. The van der Waals surface area contributed by atoms with Crippen molar-refractivity contribution in [3.8, 4) is 11.5 Å². The average Bonchev–Trinajstić information content (AvgIpc) is 2.92. The molecule has 3 amide bonds. The Bertz CT molecular complexity index is 1170. The summed E-state index contributed by atoms with van der Waals surface area (Å²) in [7, 11) is 0. The number of ether oxygens (including phenoxy) is 1. The number of hydrogen-bond acceptors (Lipinski definition) is 6. The van der Waals surface area contributed by atoms with Crippen LogP contribution >= 0.6 is 0 Å². The van der Waals surface area contributed by atoms with Crippen molar-refractivity contribution in [2.24, 2.45) is 0 Å². The van der Waals surface area contributed by atoms with Gasteiger partial charge in [-0.05, 0) is 70.7 Å². The number of phenolic OH excluding ortho intramolecular Hbond substituents is 2. The lowest BCUT2D eigenvalue weighted by Crippen LogP contribution is -2.56. The van der Waals surface area contributed by atoms with Crippen LogP contribution in [0.15, 0.2) is 48.5 Å². The molecule has 3 rings (SSSR count). The Labute approximate surface area is 243 Å². The van der Waals surface area contributed by atoms with Crippen molar-refractivity contribution in [2.75, 3.05) is 0 Å². The lowest BCUT2D eigenvalue weighted by molar-refractivity contribution is -0.145. The number of benzene rings is 2. The molecule has 3 atom stereocenters. The van der Waals surface area contributed by atoms with Crippen LogP contribution in [0.25, 0.3) is 0 Å². The lowest BCUT2D eigenvalue weighted by Gasteiger charge is -2.39. The highest BCUT2D eigenvalue weighted by Gasteiger charge is 2.40. The van der Waals surface area contributed by atoms with E-state index in [1.807, 2.05) is 13.8 Å². The van der Waals surface area contributed by atoms with Crippen molar-refractivity contribution in [3.05, 3.63) is 59.7 Å². The quantitative estimate of drug-likeness (QED) is 0.306. The van der Waals surface area contributed by atoms with Gasteiger partial charge in [-0.1, -0.05) is 56.5 Å². The highest BCUT2D eigenvalue weighted by atomic mass is 16.6. The van der Waals surface area contributed by atoms with E-state index in [2.05, 4.69) is 10.6 Å². The summed E-state index contributed by atoms with van der Waals surface area (Å²) in [5.41, 5.74) is 0.229. The molecule has 9 heteroatoms. The molecule has 0 aliphatic heterocycles. The van der Waals surface area contributed by atoms with Gasteiger partial charge in [0.25, 0.3) is 0 Å². The van der Waals surface area contributed by atoms with E-state index in [0.29, 0.717) is 17.5 Å². The molecule has 0 heterocycles. The molecule has 0 saturated heterocycles. The summed E-state index contributed by atoms with van der Waals surface area (Å²) < 4.78 is 5.47. The first-order chi connectivity index (χ1) is 19.4. The van der Waals surface area contributed by atoms with E-state index in [9.17, 15) is 24.6 Å². The van der Waals surface area contributed by atoms with E-state index in [4.69, 9.17) is 4.74 Å². The largest absolute Gasteiger partial charge is 0.508 e. The van der Waals surface area contributed by atoms with Gasteiger partial charge in [-0.15, -0.1) is 0 Å². The standard InChI is InChI=1S/C32H45N3O6/c1-6-21(2)35(28(25-14-10-11-15-27(25)37)29(38)33-23-12-8-7-9-13-23)30(39)26(34-31(40)41-32(3,4)5)20-22-16-18-24(36)19-17-22/h10-11,14-19,21,23,26,28,36-37H,6-9,12-13,20H2,1-5H3,(H,33,38)(H,34,40). The number of para-hydroxylation sites is 1. The Hall–Kier alpha value is -3.75. The van der Waals surface area contributed by atoms with Crippen molar-refractivity contribution in [3.63, 3.8) is 0 Å². The molecule has 9 nitrogen and oxygen atoms in total. The Balaban J connectivity index is 2.04. The van der Waals surface area contributed by atoms with Crippen molar-refractivity contribution in [1.82, 2.24) is 15.5 Å². The van der Waals surface area contributed by atoms with Crippen LogP contribution in [-0.4, -0.2) is 56.7 Å². The molecule has 2 aromatic rings. The molecule has 0 bridgehead atoms. The number of phenols is 2. The van der Waals surface area contributed by atoms with E-state index in [1.54, 1.807) is 51.1 Å². The molecule has 1 aliphatic carbocycles. The molecule has 4 N–H and O–H groups in total. The van der Waals surface area contributed by atoms with Crippen LogP contribution in [0.1, 0.15) is 90.3 Å². The second-order valence-electron chi connectivity index (χ2n) is 11.9. The number of amides is 3. The molecular formula is C32H45N3O6. The van der Waals surface area contributed by atoms with Gasteiger partial charge < -0.3 is 30.5 Å². The molecule has 1 fully saturated rings. The molecule has 224 valence electrons. The van der Waals surface area contributed by atoms with Crippen LogP contribution in [0.2, 0.25) is 0 Å². The smallest absolute Gasteiger partial charge is 0.408 e. The van der Waals surface area contributed by atoms with Gasteiger partial charge in [-0.2, -0.15) is 0 Å². The van der Waals surface area contributed by atoms with Gasteiger partial charge in [-0.3, -0.25) is 9.59 Å². The first-order valence-electron chi connectivity index (χ1n) is 14.6. The van der Waals surface area contributed by atoms with E-state index < -0.39 is 35.7 Å². The third-order valence-electron chi connectivity index (χ3n) is 7.39. The molecule has 2 aromatic carbocycles. The van der Waals surface area contributed by atoms with Crippen LogP contribution < -0.4 is 10.6 Å². The molecule has 0 radical (unpaired) electrons. The normalized spacial score (nSPS) is 16.2. The van der Waals surface area contributed by atoms with Gasteiger partial charge in [0, 0.05) is 24.1 Å². The van der Waals surface area contributed by atoms with Gasteiger partial charge in [0.2, 0.25) is 11.8 Å². The minimum absolute atomic E-state index is 0.00817. The Morgan fingerprint density at radius 3 is 2.22 bits per heavy atom. The van der Waals surface area contributed by atoms with Gasteiger partial charge >= 0.3 is 6.09 Å². The third kappa shape index (κ3) is 9.13. The fourth-order valence-electron chi connectivity index (χ4n) is 5.16. The predicted octanol–water partition coefficient (Wildman–Crippen LogP) is 5.35. The fourth-order valence-corrected chi connectivity index (χ4v) is 5.16. The number of carbonyl (C=O) groups is 3. The second-order valence-corrected chi connectivity index (χ2v) is 11.9. The van der Waals surface area contributed by atoms with Crippen LogP contribution in [0.4, 0.5) is 4.79 Å². The predicted molar refractivity (Wildman–Crippen MR) is 157 cm³/mol. The van der Waals surface area contributed by atoms with Gasteiger partial charge in [0.15, 0.2) is 0 Å². The summed E-state index contributed by atoms with van der Waals surface area (Å²) in [6.45, 7) is 8.97. The van der Waals surface area contributed by atoms with E-state index in [1.165, 1.54) is 23.1 Å². The van der Waals surface area contributed by atoms with Gasteiger partial charge in [0.05, 0.1) is 0 Å². The zero-order valence-corrected chi connectivity index (χ0v) is 24.9. The van der Waals surface area contributed by atoms with Crippen molar-refractivity contribution in [1.29, 1.82) is 0 Å². The second kappa shape index (κ2) is 14.2. The Morgan fingerprint density at radius 1 is 1.00 bits per heavy atom. The molecule has 3 unspecified atom stereocenters. The fraction of sp³-hybridized carbons (Fsp3) is 0.531. The zero-order valence-electron chi connectivity index (χ0n) is 24.9. The zero-order chi connectivity index (χ0) is 30.2. The highest BCUT2D eigenvalue weighted by molar-refractivity contribution is 5.93. The molecule has 0 spiro atoms. The summed E-state index contributed by atoms with van der Waals surface area (Å²) in [6.07, 6.45) is 4.77. The van der Waals surface area contributed by atoms with Crippen LogP contribution in [0, 0.1) is 0 Å². The minimum Gasteiger partial charge on any atom is -0.508 e. The number of nitrogens with one attached hydrogen (secondary N) is 2. The van der Waals surface area contributed by atoms with E-state index in [-0.39, 0.29) is 29.9 Å². The highest BCUT2D eigenvalue weighted by Crippen LogP contribution is 2.33. The summed E-state index contributed by atoms with van der Waals surface area (Å²) in [5, 5.41) is 26.5. The number of carbonyl (C=O) groups excluding carboxylic acids is 3. The maximum Gasteiger partial charge on any atom is 0.408 e. The number of aromatic hydroxyl groups is 2. The topological polar surface area (TPSA) is 128 Å². The average molecular weight is 568 g/mol. The van der Waals surface area contributed by atoms with Crippen LogP contribution in [-0.2, 0) is 20.7 Å². The van der Waals surface area contributed by atoms with Crippen molar-refractivity contribution >= 4 is 17.9 Å². The van der Waals surface area contributed by atoms with E-state index in [0.717, 1.165) is 32.1 Å². The summed E-state index contributed by atoms with van der Waals surface area (Å²) >= 11 is 0. The summed E-state index contributed by atoms with van der Waals surface area (Å²) in [6, 6.07) is 10.3. The summed E-state index contributed by atoms with van der Waals surface area (Å²) in [5.74, 6) is -0.859. The minimum atomic E-state index is -1.12. The van der Waals surface area contributed by atoms with Crippen LogP contribution in [0.3, 0.4) is 0 Å². The van der Waals surface area contributed by atoms with Gasteiger partial charge in [-0.25, -0.2) is 4.79 Å². The molecule has 0 aromatic heterocycles. The number of hydrogen-bond donors (Lipinski definition) is 4. The lowest BCUT2D eigenvalue weighted by atomic mass is 9.93. The van der Waals surface area contributed by atoms with Crippen LogP contribution in [0.5, 0.6) is 11.5 Å². The first-order valence-corrected chi connectivity index (χ1v) is 14.6. The molecule has 41 heavy (non-hydrogen) atoms. The molecule has 1 saturated carbocycles. The maximum atomic E-state index is 14.5. The van der Waals surface area contributed by atoms with Crippen molar-refractivity contribution < 1.29 is 29.3 Å². The maximum absolute atomic E-state index is 14.5. The van der Waals surface area contributed by atoms with Gasteiger partial charge in [0.1, 0.15) is 29.2 Å². The third-order valence-corrected chi connectivity index (χ3v) is 7.39. The van der Waals surface area contributed by atoms with E-state index >= 15 is 0 Å². The Kier molecular flexibility index (Phi) is 11.0. The number of rotatable bonds is 10. The molecule has 1 aliphatic rings. The monoisotopic (exact) mass is 567 g/mol.